The number of aryl methyl sites for hydroxylation is 1. The highest BCUT2D eigenvalue weighted by atomic mass is 32.1. The Kier molecular flexibility index (Phi) is 4.27. The van der Waals surface area contributed by atoms with Gasteiger partial charge in [-0.05, 0) is 26.3 Å². The van der Waals surface area contributed by atoms with E-state index >= 15 is 0 Å². The van der Waals surface area contributed by atoms with E-state index in [9.17, 15) is 0 Å². The Hall–Kier alpha value is -1.75. The van der Waals surface area contributed by atoms with E-state index in [1.807, 2.05) is 19.9 Å². The summed E-state index contributed by atoms with van der Waals surface area (Å²) in [6.07, 6.45) is 4.49. The van der Waals surface area contributed by atoms with Gasteiger partial charge in [-0.3, -0.25) is 4.98 Å². The second-order valence-corrected chi connectivity index (χ2v) is 4.77. The van der Waals surface area contributed by atoms with Gasteiger partial charge >= 0.3 is 0 Å². The Labute approximate surface area is 117 Å². The molecule has 2 aromatic heterocycles. The highest BCUT2D eigenvalue weighted by molar-refractivity contribution is 7.71. The van der Waals surface area contributed by atoms with Gasteiger partial charge in [-0.2, -0.15) is 0 Å². The molecule has 2 heterocycles. The van der Waals surface area contributed by atoms with E-state index in [0.29, 0.717) is 11.2 Å². The second kappa shape index (κ2) is 5.93. The van der Waals surface area contributed by atoms with Crippen molar-refractivity contribution in [1.29, 1.82) is 0 Å². The van der Waals surface area contributed by atoms with Gasteiger partial charge in [-0.1, -0.05) is 19.1 Å². The molecule has 0 bridgehead atoms. The van der Waals surface area contributed by atoms with Crippen LogP contribution in [0.15, 0.2) is 18.5 Å². The van der Waals surface area contributed by atoms with E-state index in [4.69, 9.17) is 17.0 Å². The first-order valence-electron chi connectivity index (χ1n) is 6.27. The van der Waals surface area contributed by atoms with Gasteiger partial charge in [0.15, 0.2) is 0 Å². The van der Waals surface area contributed by atoms with Crippen molar-refractivity contribution in [1.82, 2.24) is 15.0 Å². The lowest BCUT2D eigenvalue weighted by Gasteiger charge is -2.09. The highest BCUT2D eigenvalue weighted by Gasteiger charge is 2.07. The molecule has 1 N–H and O–H groups in total. The zero-order valence-electron chi connectivity index (χ0n) is 11.4. The summed E-state index contributed by atoms with van der Waals surface area (Å²) in [5.74, 6) is 1.57. The van der Waals surface area contributed by atoms with Crippen LogP contribution in [0, 0.1) is 18.5 Å². The van der Waals surface area contributed by atoms with Crippen LogP contribution in [0.3, 0.4) is 0 Å². The third kappa shape index (κ3) is 3.17. The lowest BCUT2D eigenvalue weighted by Crippen LogP contribution is -1.99. The monoisotopic (exact) mass is 275 g/mol. The van der Waals surface area contributed by atoms with Crippen LogP contribution >= 0.6 is 12.2 Å². The van der Waals surface area contributed by atoms with Crippen molar-refractivity contribution in [3.63, 3.8) is 0 Å². The summed E-state index contributed by atoms with van der Waals surface area (Å²) < 4.78 is 6.22. The molecule has 0 aliphatic rings. The number of ether oxygens (including phenoxy) is 1. The molecule has 5 heteroatoms. The summed E-state index contributed by atoms with van der Waals surface area (Å²) in [7, 11) is 0. The fourth-order valence-electron chi connectivity index (χ4n) is 1.79. The average Bonchev–Trinajstić information content (AvgIpc) is 2.41. The lowest BCUT2D eigenvalue weighted by molar-refractivity contribution is 0.316. The molecule has 0 fully saturated rings. The predicted molar refractivity (Wildman–Crippen MR) is 77.9 cm³/mol. The molecule has 0 aromatic carbocycles. The van der Waals surface area contributed by atoms with Crippen molar-refractivity contribution in [2.75, 3.05) is 6.61 Å². The third-order valence-electron chi connectivity index (χ3n) is 2.75. The first kappa shape index (κ1) is 13.7. The molecule has 0 unspecified atom stereocenters. The first-order valence-corrected chi connectivity index (χ1v) is 6.68. The maximum atomic E-state index is 5.60. The number of H-pyrrole nitrogens is 1. The molecule has 100 valence electrons. The van der Waals surface area contributed by atoms with Crippen LogP contribution in [0.2, 0.25) is 0 Å². The maximum Gasteiger partial charge on any atom is 0.138 e. The van der Waals surface area contributed by atoms with E-state index < -0.39 is 0 Å². The normalized spacial score (nSPS) is 10.5. The van der Waals surface area contributed by atoms with Crippen molar-refractivity contribution in [3.8, 4) is 17.0 Å². The largest absolute Gasteiger partial charge is 0.492 e. The SMILES string of the molecule is CCCOc1cncc(-c2[nH]c(C)nc(=S)c2C)c1. The molecule has 0 atom stereocenters. The standard InChI is InChI=1S/C14H17N3OS/c1-4-5-18-12-6-11(7-15-8-12)13-9(2)14(19)17-10(3)16-13/h6-8H,4-5H2,1-3H3,(H,16,17,19). The molecular weight excluding hydrogens is 258 g/mol. The van der Waals surface area contributed by atoms with E-state index in [-0.39, 0.29) is 0 Å². The number of hydrogen-bond acceptors (Lipinski definition) is 4. The number of aromatic amines is 1. The van der Waals surface area contributed by atoms with Crippen LogP contribution in [-0.2, 0) is 0 Å². The number of nitrogens with zero attached hydrogens (tertiary/aromatic N) is 2. The molecule has 0 saturated heterocycles. The minimum Gasteiger partial charge on any atom is -0.492 e. The van der Waals surface area contributed by atoms with Gasteiger partial charge in [0.2, 0.25) is 0 Å². The molecular formula is C14H17N3OS. The van der Waals surface area contributed by atoms with Gasteiger partial charge in [0.25, 0.3) is 0 Å². The number of nitrogens with one attached hydrogen (secondary N) is 1. The van der Waals surface area contributed by atoms with E-state index in [0.717, 1.165) is 34.8 Å². The van der Waals surface area contributed by atoms with Crippen LogP contribution in [0.25, 0.3) is 11.3 Å². The molecule has 4 nitrogen and oxygen atoms in total. The quantitative estimate of drug-likeness (QED) is 0.866. The first-order chi connectivity index (χ1) is 9.11. The molecule has 0 aliphatic heterocycles. The van der Waals surface area contributed by atoms with Gasteiger partial charge in [0.05, 0.1) is 18.5 Å². The van der Waals surface area contributed by atoms with Crippen molar-refractivity contribution < 1.29 is 4.74 Å². The van der Waals surface area contributed by atoms with Crippen LogP contribution in [0.1, 0.15) is 24.7 Å². The van der Waals surface area contributed by atoms with Crippen molar-refractivity contribution in [2.45, 2.75) is 27.2 Å². The lowest BCUT2D eigenvalue weighted by atomic mass is 10.1. The van der Waals surface area contributed by atoms with Crippen LogP contribution < -0.4 is 4.74 Å². The molecule has 2 rings (SSSR count). The maximum absolute atomic E-state index is 5.60. The summed E-state index contributed by atoms with van der Waals surface area (Å²) >= 11 is 5.25. The summed E-state index contributed by atoms with van der Waals surface area (Å²) in [6.45, 7) is 6.62. The molecule has 0 spiro atoms. The number of pyridine rings is 1. The number of rotatable bonds is 4. The minimum atomic E-state index is 0.617. The molecule has 19 heavy (non-hydrogen) atoms. The second-order valence-electron chi connectivity index (χ2n) is 4.39. The fraction of sp³-hybridized carbons (Fsp3) is 0.357. The number of aromatic nitrogens is 3. The van der Waals surface area contributed by atoms with Crippen molar-refractivity contribution in [3.05, 3.63) is 34.5 Å². The highest BCUT2D eigenvalue weighted by Crippen LogP contribution is 2.24. The molecule has 0 radical (unpaired) electrons. The average molecular weight is 275 g/mol. The predicted octanol–water partition coefficient (Wildman–Crippen LogP) is 3.61. The topological polar surface area (TPSA) is 50.8 Å². The summed E-state index contributed by atoms with van der Waals surface area (Å²) in [4.78, 5) is 11.7. The third-order valence-corrected chi connectivity index (χ3v) is 3.14. The Balaban J connectivity index is 2.44. The van der Waals surface area contributed by atoms with Gasteiger partial charge in [-0.25, -0.2) is 4.98 Å². The molecule has 2 aromatic rings. The summed E-state index contributed by atoms with van der Waals surface area (Å²) in [5, 5.41) is 0. The van der Waals surface area contributed by atoms with E-state index in [1.165, 1.54) is 0 Å². The van der Waals surface area contributed by atoms with Crippen LogP contribution in [0.4, 0.5) is 0 Å². The van der Waals surface area contributed by atoms with Gasteiger partial charge < -0.3 is 9.72 Å². The Morgan fingerprint density at radius 3 is 2.84 bits per heavy atom. The molecule has 0 aliphatic carbocycles. The van der Waals surface area contributed by atoms with Gasteiger partial charge in [-0.15, -0.1) is 0 Å². The summed E-state index contributed by atoms with van der Waals surface area (Å²) in [6, 6.07) is 1.97. The Morgan fingerprint density at radius 1 is 1.32 bits per heavy atom. The van der Waals surface area contributed by atoms with E-state index in [1.54, 1.807) is 12.4 Å². The zero-order chi connectivity index (χ0) is 13.8. The van der Waals surface area contributed by atoms with Gasteiger partial charge in [0.1, 0.15) is 16.2 Å². The fourth-order valence-corrected chi connectivity index (χ4v) is 2.03. The zero-order valence-corrected chi connectivity index (χ0v) is 12.2. The smallest absolute Gasteiger partial charge is 0.138 e. The number of hydrogen-bond donors (Lipinski definition) is 1. The molecule has 0 amide bonds. The van der Waals surface area contributed by atoms with Crippen molar-refractivity contribution in [2.24, 2.45) is 0 Å². The van der Waals surface area contributed by atoms with Gasteiger partial charge in [0, 0.05) is 17.3 Å². The minimum absolute atomic E-state index is 0.617. The van der Waals surface area contributed by atoms with Crippen molar-refractivity contribution >= 4 is 12.2 Å². The summed E-state index contributed by atoms with van der Waals surface area (Å²) in [5.41, 5.74) is 2.87. The Bertz CT molecular complexity index is 637. The molecule has 0 saturated carbocycles. The Morgan fingerprint density at radius 2 is 2.11 bits per heavy atom. The van der Waals surface area contributed by atoms with Crippen LogP contribution in [-0.4, -0.2) is 21.6 Å². The van der Waals surface area contributed by atoms with E-state index in [2.05, 4.69) is 21.9 Å². The van der Waals surface area contributed by atoms with Crippen LogP contribution in [0.5, 0.6) is 5.75 Å².